The molecule has 0 aromatic carbocycles. The Balaban J connectivity index is 1.44. The number of rotatable bonds is 14. The summed E-state index contributed by atoms with van der Waals surface area (Å²) in [4.78, 5) is 13.5. The highest BCUT2D eigenvalue weighted by Gasteiger charge is 2.19. The molecule has 0 bridgehead atoms. The van der Waals surface area contributed by atoms with E-state index in [9.17, 15) is 0 Å². The lowest BCUT2D eigenvalue weighted by Gasteiger charge is -2.00. The minimum absolute atomic E-state index is 0.993. The first-order valence-electron chi connectivity index (χ1n) is 14.2. The predicted octanol–water partition coefficient (Wildman–Crippen LogP) is 12.9. The van der Waals surface area contributed by atoms with Gasteiger partial charge in [0.1, 0.15) is 0 Å². The fourth-order valence-electron chi connectivity index (χ4n) is 4.77. The van der Waals surface area contributed by atoms with E-state index in [1.165, 1.54) is 114 Å². The van der Waals surface area contributed by atoms with Crippen molar-refractivity contribution in [3.63, 3.8) is 0 Å². The third-order valence-corrected chi connectivity index (χ3v) is 13.1. The van der Waals surface area contributed by atoms with E-state index in [4.69, 9.17) is 6.42 Å². The Morgan fingerprint density at radius 3 is 1.74 bits per heavy atom. The monoisotopic (exact) mass is 604 g/mol. The van der Waals surface area contributed by atoms with E-state index >= 15 is 0 Å². The van der Waals surface area contributed by atoms with Crippen molar-refractivity contribution in [1.82, 2.24) is 0 Å². The molecule has 0 amide bonds. The van der Waals surface area contributed by atoms with E-state index in [0.717, 1.165) is 4.88 Å². The van der Waals surface area contributed by atoms with Crippen LogP contribution >= 0.6 is 56.7 Å². The van der Waals surface area contributed by atoms with Crippen LogP contribution in [0.1, 0.15) is 79.8 Å². The number of unbranched alkanes of at least 4 members (excludes halogenated alkanes) is 6. The largest absolute Gasteiger partial charge is 0.140 e. The average molecular weight is 605 g/mol. The van der Waals surface area contributed by atoms with E-state index < -0.39 is 0 Å². The maximum absolute atomic E-state index is 5.62. The first kappa shape index (κ1) is 28.6. The predicted molar refractivity (Wildman–Crippen MR) is 181 cm³/mol. The molecule has 0 nitrogen and oxygen atoms in total. The molecular formula is C34H36S5. The quantitative estimate of drug-likeness (QED) is 0.0873. The van der Waals surface area contributed by atoms with E-state index in [1.54, 1.807) is 11.3 Å². The molecule has 0 atom stereocenters. The number of hydrogen-bond donors (Lipinski definition) is 0. The zero-order chi connectivity index (χ0) is 27.0. The highest BCUT2D eigenvalue weighted by atomic mass is 32.1. The number of aryl methyl sites for hydroxylation is 2. The van der Waals surface area contributed by atoms with Gasteiger partial charge in [-0.15, -0.1) is 63.1 Å². The molecule has 0 radical (unpaired) electrons. The normalized spacial score (nSPS) is 11.3. The molecule has 5 heterocycles. The highest BCUT2D eigenvalue weighted by molar-refractivity contribution is 7.29. The van der Waals surface area contributed by atoms with Crippen LogP contribution in [0.4, 0.5) is 0 Å². The Kier molecular flexibility index (Phi) is 10.3. The summed E-state index contributed by atoms with van der Waals surface area (Å²) in [6.07, 6.45) is 18.6. The van der Waals surface area contributed by atoms with Gasteiger partial charge in [-0.2, -0.15) is 0 Å². The molecule has 202 valence electrons. The second-order valence-corrected chi connectivity index (χ2v) is 15.5. The Morgan fingerprint density at radius 2 is 1.10 bits per heavy atom. The molecule has 5 heteroatoms. The van der Waals surface area contributed by atoms with Crippen LogP contribution in [0.2, 0.25) is 0 Å². The van der Waals surface area contributed by atoms with Crippen LogP contribution < -0.4 is 0 Å². The van der Waals surface area contributed by atoms with Crippen LogP contribution in [0.5, 0.6) is 0 Å². The highest BCUT2D eigenvalue weighted by Crippen LogP contribution is 2.49. The molecule has 5 rings (SSSR count). The molecule has 0 saturated heterocycles. The van der Waals surface area contributed by atoms with Crippen LogP contribution in [0, 0.1) is 12.3 Å². The molecular weight excluding hydrogens is 569 g/mol. The smallest absolute Gasteiger partial charge is 0.0772 e. The van der Waals surface area contributed by atoms with Crippen molar-refractivity contribution in [1.29, 1.82) is 0 Å². The Hall–Kier alpha value is -1.94. The molecule has 0 aliphatic carbocycles. The lowest BCUT2D eigenvalue weighted by atomic mass is 10.1. The standard InChI is InChI=1S/C34H36S5/c1-4-7-9-11-13-25-16-18-28(36-25)27-23-33(31-22-21-30(38-31)29-19-15-24(6-3)35-29)39-34(27)32-20-17-26(37-32)14-12-10-8-5-2/h3,15-23H,4-5,7-14H2,1-2H3. The summed E-state index contributed by atoms with van der Waals surface area (Å²) in [5.41, 5.74) is 1.40. The van der Waals surface area contributed by atoms with Gasteiger partial charge in [-0.25, -0.2) is 0 Å². The second kappa shape index (κ2) is 14.1. The van der Waals surface area contributed by atoms with Crippen molar-refractivity contribution in [2.45, 2.75) is 78.1 Å². The Bertz CT molecular complexity index is 1440. The molecule has 0 spiro atoms. The van der Waals surface area contributed by atoms with E-state index in [2.05, 4.69) is 68.3 Å². The minimum atomic E-state index is 0.993. The summed E-state index contributed by atoms with van der Waals surface area (Å²) < 4.78 is 0. The van der Waals surface area contributed by atoms with Crippen molar-refractivity contribution in [3.8, 4) is 52.0 Å². The van der Waals surface area contributed by atoms with Gasteiger partial charge in [0.25, 0.3) is 0 Å². The summed E-state index contributed by atoms with van der Waals surface area (Å²) >= 11 is 9.52. The summed E-state index contributed by atoms with van der Waals surface area (Å²) in [5, 5.41) is 0. The zero-order valence-electron chi connectivity index (χ0n) is 22.9. The Morgan fingerprint density at radius 1 is 0.538 bits per heavy atom. The maximum atomic E-state index is 5.62. The second-order valence-electron chi connectivity index (χ2n) is 9.98. The van der Waals surface area contributed by atoms with Gasteiger partial charge < -0.3 is 0 Å². The van der Waals surface area contributed by atoms with Crippen molar-refractivity contribution in [3.05, 3.63) is 69.2 Å². The summed E-state index contributed by atoms with van der Waals surface area (Å²) in [7, 11) is 0. The van der Waals surface area contributed by atoms with Gasteiger partial charge >= 0.3 is 0 Å². The minimum Gasteiger partial charge on any atom is -0.140 e. The maximum Gasteiger partial charge on any atom is 0.0772 e. The topological polar surface area (TPSA) is 0 Å². The summed E-state index contributed by atoms with van der Waals surface area (Å²) in [6.45, 7) is 4.57. The van der Waals surface area contributed by atoms with Crippen molar-refractivity contribution >= 4 is 56.7 Å². The third kappa shape index (κ3) is 7.23. The summed E-state index contributed by atoms with van der Waals surface area (Å²) in [5.74, 6) is 2.77. The van der Waals surface area contributed by atoms with Crippen LogP contribution in [0.25, 0.3) is 39.7 Å². The van der Waals surface area contributed by atoms with Gasteiger partial charge in [0, 0.05) is 44.6 Å². The third-order valence-electron chi connectivity index (χ3n) is 6.94. The molecule has 5 aromatic rings. The van der Waals surface area contributed by atoms with Crippen LogP contribution in [0.15, 0.2) is 54.6 Å². The van der Waals surface area contributed by atoms with Gasteiger partial charge in [0.2, 0.25) is 0 Å². The zero-order valence-corrected chi connectivity index (χ0v) is 27.0. The molecule has 5 aromatic heterocycles. The molecule has 0 aliphatic heterocycles. The fraction of sp³-hybridized carbons (Fsp3) is 0.353. The first-order chi connectivity index (χ1) is 19.2. The van der Waals surface area contributed by atoms with E-state index in [-0.39, 0.29) is 0 Å². The van der Waals surface area contributed by atoms with Gasteiger partial charge in [-0.05, 0) is 80.3 Å². The van der Waals surface area contributed by atoms with Crippen molar-refractivity contribution < 1.29 is 0 Å². The van der Waals surface area contributed by atoms with Crippen LogP contribution in [-0.4, -0.2) is 0 Å². The molecule has 0 N–H and O–H groups in total. The fourth-order valence-corrected chi connectivity index (χ4v) is 10.2. The molecule has 0 saturated carbocycles. The van der Waals surface area contributed by atoms with Gasteiger partial charge in [-0.3, -0.25) is 0 Å². The Labute approximate surface area is 254 Å². The first-order valence-corrected chi connectivity index (χ1v) is 18.3. The van der Waals surface area contributed by atoms with E-state index in [0.29, 0.717) is 0 Å². The van der Waals surface area contributed by atoms with E-state index in [1.807, 2.05) is 51.4 Å². The molecule has 0 unspecified atom stereocenters. The molecule has 0 aliphatic rings. The lowest BCUT2D eigenvalue weighted by Crippen LogP contribution is -1.80. The lowest BCUT2D eigenvalue weighted by molar-refractivity contribution is 0.670. The van der Waals surface area contributed by atoms with Crippen molar-refractivity contribution in [2.24, 2.45) is 0 Å². The number of hydrogen-bond acceptors (Lipinski definition) is 5. The van der Waals surface area contributed by atoms with Gasteiger partial charge in [0.05, 0.1) is 9.75 Å². The average Bonchev–Trinajstić information content (AvgIpc) is 3.78. The van der Waals surface area contributed by atoms with Crippen LogP contribution in [-0.2, 0) is 12.8 Å². The van der Waals surface area contributed by atoms with Gasteiger partial charge in [-0.1, -0.05) is 58.3 Å². The van der Waals surface area contributed by atoms with Crippen LogP contribution in [0.3, 0.4) is 0 Å². The molecule has 0 fully saturated rings. The van der Waals surface area contributed by atoms with Gasteiger partial charge in [0.15, 0.2) is 0 Å². The van der Waals surface area contributed by atoms with Crippen molar-refractivity contribution in [2.75, 3.05) is 0 Å². The summed E-state index contributed by atoms with van der Waals surface area (Å²) in [6, 6.07) is 20.7. The SMILES string of the molecule is C#Cc1ccc(-c2ccc(-c3cc(-c4ccc(CCCCCC)s4)c(-c4ccc(CCCCCC)s4)s3)s2)s1. The number of terminal acetylenes is 1. The molecule has 39 heavy (non-hydrogen) atoms. The number of thiophene rings is 5.